The molecule has 0 unspecified atom stereocenters. The highest BCUT2D eigenvalue weighted by atomic mass is 16.1. The van der Waals surface area contributed by atoms with Gasteiger partial charge in [0.2, 0.25) is 0 Å². The van der Waals surface area contributed by atoms with Gasteiger partial charge in [-0.15, -0.1) is 0 Å². The van der Waals surface area contributed by atoms with E-state index in [1.54, 1.807) is 6.20 Å². The lowest BCUT2D eigenvalue weighted by Crippen LogP contribution is -2.33. The molecule has 1 heterocycles. The minimum absolute atomic E-state index is 0.121. The lowest BCUT2D eigenvalue weighted by molar-refractivity contribution is -0.120. The summed E-state index contributed by atoms with van der Waals surface area (Å²) in [7, 11) is 0. The zero-order valence-corrected chi connectivity index (χ0v) is 14.6. The smallest absolute Gasteiger partial charge is 0.149 e. The molecule has 0 fully saturated rings. The van der Waals surface area contributed by atoms with Gasteiger partial charge in [0.25, 0.3) is 0 Å². The number of benzene rings is 2. The van der Waals surface area contributed by atoms with Crippen LogP contribution in [0.3, 0.4) is 0 Å². The van der Waals surface area contributed by atoms with Gasteiger partial charge in [-0.3, -0.25) is 9.78 Å². The Morgan fingerprint density at radius 1 is 1.04 bits per heavy atom. The number of carbonyl (C=O) groups is 1. The Morgan fingerprint density at radius 2 is 1.88 bits per heavy atom. The van der Waals surface area contributed by atoms with Gasteiger partial charge >= 0.3 is 0 Å². The predicted molar refractivity (Wildman–Crippen MR) is 102 cm³/mol. The van der Waals surface area contributed by atoms with Crippen LogP contribution >= 0.6 is 0 Å². The summed E-state index contributed by atoms with van der Waals surface area (Å²) in [4.78, 5) is 16.4. The third-order valence-corrected chi connectivity index (χ3v) is 4.53. The van der Waals surface area contributed by atoms with Gasteiger partial charge in [0.1, 0.15) is 5.78 Å². The van der Waals surface area contributed by atoms with E-state index in [1.165, 1.54) is 16.5 Å². The summed E-state index contributed by atoms with van der Waals surface area (Å²) >= 11 is 0. The van der Waals surface area contributed by atoms with E-state index in [9.17, 15) is 4.79 Å². The second-order valence-corrected chi connectivity index (χ2v) is 6.47. The Kier molecular flexibility index (Phi) is 5.91. The van der Waals surface area contributed by atoms with Crippen molar-refractivity contribution in [2.75, 3.05) is 0 Å². The molecule has 25 heavy (non-hydrogen) atoms. The first-order chi connectivity index (χ1) is 12.2. The van der Waals surface area contributed by atoms with Crippen LogP contribution in [0.15, 0.2) is 67.0 Å². The zero-order valence-electron chi connectivity index (χ0n) is 14.6. The fourth-order valence-corrected chi connectivity index (χ4v) is 2.96. The molecule has 3 nitrogen and oxygen atoms in total. The zero-order chi connectivity index (χ0) is 17.5. The van der Waals surface area contributed by atoms with Gasteiger partial charge in [0.05, 0.1) is 6.04 Å². The summed E-state index contributed by atoms with van der Waals surface area (Å²) in [6.45, 7) is 2.65. The quantitative estimate of drug-likeness (QED) is 0.668. The number of fused-ring (bicyclic) bond motifs is 1. The van der Waals surface area contributed by atoms with Crippen molar-refractivity contribution >= 4 is 16.6 Å². The van der Waals surface area contributed by atoms with Crippen LogP contribution < -0.4 is 5.32 Å². The molecule has 0 aliphatic rings. The van der Waals surface area contributed by atoms with Crippen molar-refractivity contribution in [3.8, 4) is 0 Å². The topological polar surface area (TPSA) is 42.0 Å². The SMILES string of the molecule is C[C@@H](NCc1ccc2cnccc2c1)C(=O)CCCc1ccccc1. The van der Waals surface area contributed by atoms with Crippen LogP contribution in [-0.2, 0) is 17.8 Å². The van der Waals surface area contributed by atoms with E-state index in [0.717, 1.165) is 18.2 Å². The van der Waals surface area contributed by atoms with Crippen molar-refractivity contribution in [1.29, 1.82) is 0 Å². The van der Waals surface area contributed by atoms with E-state index in [-0.39, 0.29) is 11.8 Å². The summed E-state index contributed by atoms with van der Waals surface area (Å²) in [6.07, 6.45) is 6.15. The molecule has 3 heteroatoms. The van der Waals surface area contributed by atoms with Gasteiger partial charge in [0.15, 0.2) is 0 Å². The average Bonchev–Trinajstić information content (AvgIpc) is 2.66. The molecule has 0 radical (unpaired) electrons. The Bertz CT molecular complexity index is 830. The molecule has 0 spiro atoms. The van der Waals surface area contributed by atoms with Crippen molar-refractivity contribution in [3.63, 3.8) is 0 Å². The van der Waals surface area contributed by atoms with Crippen LogP contribution in [0, 0.1) is 0 Å². The first-order valence-corrected chi connectivity index (χ1v) is 8.85. The number of carbonyl (C=O) groups excluding carboxylic acids is 1. The molecule has 0 saturated carbocycles. The minimum Gasteiger partial charge on any atom is -0.304 e. The summed E-state index contributed by atoms with van der Waals surface area (Å²) in [5, 5.41) is 5.66. The second kappa shape index (κ2) is 8.54. The van der Waals surface area contributed by atoms with Crippen LogP contribution in [0.5, 0.6) is 0 Å². The molecule has 3 aromatic rings. The first-order valence-electron chi connectivity index (χ1n) is 8.85. The molecule has 1 aromatic heterocycles. The summed E-state index contributed by atoms with van der Waals surface area (Å²) < 4.78 is 0. The van der Waals surface area contributed by atoms with Crippen molar-refractivity contribution in [2.45, 2.75) is 38.8 Å². The van der Waals surface area contributed by atoms with Crippen LogP contribution in [0.4, 0.5) is 0 Å². The number of Topliss-reactive ketones (excluding diaryl/α,β-unsaturated/α-hetero) is 1. The number of aryl methyl sites for hydroxylation is 1. The summed E-state index contributed by atoms with van der Waals surface area (Å²) in [5.41, 5.74) is 2.48. The van der Waals surface area contributed by atoms with E-state index < -0.39 is 0 Å². The molecular formula is C22H24N2O. The van der Waals surface area contributed by atoms with E-state index in [4.69, 9.17) is 0 Å². The lowest BCUT2D eigenvalue weighted by Gasteiger charge is -2.13. The van der Waals surface area contributed by atoms with E-state index in [0.29, 0.717) is 13.0 Å². The molecule has 1 atom stereocenters. The average molecular weight is 332 g/mol. The van der Waals surface area contributed by atoms with Crippen LogP contribution in [-0.4, -0.2) is 16.8 Å². The lowest BCUT2D eigenvalue weighted by atomic mass is 10.0. The second-order valence-electron chi connectivity index (χ2n) is 6.47. The highest BCUT2D eigenvalue weighted by Crippen LogP contribution is 2.14. The van der Waals surface area contributed by atoms with Gasteiger partial charge < -0.3 is 5.32 Å². The van der Waals surface area contributed by atoms with E-state index in [1.807, 2.05) is 37.4 Å². The number of ketones is 1. The van der Waals surface area contributed by atoms with Gasteiger partial charge in [-0.05, 0) is 48.4 Å². The first kappa shape index (κ1) is 17.3. The number of hydrogen-bond donors (Lipinski definition) is 1. The molecule has 0 bridgehead atoms. The van der Waals surface area contributed by atoms with Crippen LogP contribution in [0.1, 0.15) is 30.9 Å². The maximum atomic E-state index is 12.3. The van der Waals surface area contributed by atoms with Crippen molar-refractivity contribution < 1.29 is 4.79 Å². The predicted octanol–water partition coefficient (Wildman–Crippen LogP) is 4.30. The van der Waals surface area contributed by atoms with Gasteiger partial charge in [0, 0.05) is 30.7 Å². The fourth-order valence-electron chi connectivity index (χ4n) is 2.96. The maximum absolute atomic E-state index is 12.3. The van der Waals surface area contributed by atoms with Crippen molar-refractivity contribution in [2.24, 2.45) is 0 Å². The monoisotopic (exact) mass is 332 g/mol. The van der Waals surface area contributed by atoms with Crippen LogP contribution in [0.25, 0.3) is 10.8 Å². The third kappa shape index (κ3) is 4.97. The number of hydrogen-bond acceptors (Lipinski definition) is 3. The molecule has 0 aliphatic heterocycles. The number of pyridine rings is 1. The molecule has 0 amide bonds. The van der Waals surface area contributed by atoms with Crippen molar-refractivity contribution in [3.05, 3.63) is 78.1 Å². The molecule has 3 rings (SSSR count). The molecular weight excluding hydrogens is 308 g/mol. The molecule has 0 aliphatic carbocycles. The molecule has 0 saturated heterocycles. The number of nitrogens with one attached hydrogen (secondary N) is 1. The highest BCUT2D eigenvalue weighted by Gasteiger charge is 2.12. The Balaban J connectivity index is 1.46. The Labute approximate surface area is 149 Å². The highest BCUT2D eigenvalue weighted by molar-refractivity contribution is 5.84. The normalized spacial score (nSPS) is 12.2. The number of rotatable bonds is 8. The molecule has 1 N–H and O–H groups in total. The Morgan fingerprint density at radius 3 is 2.72 bits per heavy atom. The van der Waals surface area contributed by atoms with E-state index in [2.05, 4.69) is 40.6 Å². The summed E-state index contributed by atoms with van der Waals surface area (Å²) in [6, 6.07) is 18.5. The standard InChI is InChI=1S/C22H24N2O/c1-17(22(25)9-5-8-18-6-3-2-4-7-18)24-15-19-10-11-21-16-23-13-12-20(21)14-19/h2-4,6-7,10-14,16-17,24H,5,8-9,15H2,1H3/t17-/m1/s1. The fraction of sp³-hybridized carbons (Fsp3) is 0.273. The van der Waals surface area contributed by atoms with E-state index >= 15 is 0 Å². The number of nitrogens with zero attached hydrogens (tertiary/aromatic N) is 1. The van der Waals surface area contributed by atoms with Crippen molar-refractivity contribution in [1.82, 2.24) is 10.3 Å². The van der Waals surface area contributed by atoms with Crippen LogP contribution in [0.2, 0.25) is 0 Å². The van der Waals surface area contributed by atoms with Gasteiger partial charge in [-0.1, -0.05) is 42.5 Å². The largest absolute Gasteiger partial charge is 0.304 e. The number of aromatic nitrogens is 1. The summed E-state index contributed by atoms with van der Waals surface area (Å²) in [5.74, 6) is 0.279. The molecule has 128 valence electrons. The Hall–Kier alpha value is -2.52. The minimum atomic E-state index is -0.121. The van der Waals surface area contributed by atoms with Gasteiger partial charge in [-0.25, -0.2) is 0 Å². The third-order valence-electron chi connectivity index (χ3n) is 4.53. The molecule has 2 aromatic carbocycles. The van der Waals surface area contributed by atoms with Gasteiger partial charge in [-0.2, -0.15) is 0 Å². The maximum Gasteiger partial charge on any atom is 0.149 e.